The first-order valence-corrected chi connectivity index (χ1v) is 7.06. The van der Waals surface area contributed by atoms with Crippen LogP contribution in [0.1, 0.15) is 5.56 Å². The summed E-state index contributed by atoms with van der Waals surface area (Å²) in [5.41, 5.74) is 0.616. The van der Waals surface area contributed by atoms with Crippen LogP contribution in [0.2, 0.25) is 5.02 Å². The summed E-state index contributed by atoms with van der Waals surface area (Å²) in [6, 6.07) is 9.03. The summed E-state index contributed by atoms with van der Waals surface area (Å²) >= 11 is 9.04. The Morgan fingerprint density at radius 1 is 1.04 bits per heavy atom. The predicted molar refractivity (Wildman–Crippen MR) is 86.5 cm³/mol. The van der Waals surface area contributed by atoms with E-state index in [1.54, 1.807) is 12.1 Å². The van der Waals surface area contributed by atoms with Crippen molar-refractivity contribution in [2.24, 2.45) is 4.99 Å². The Hall–Kier alpha value is -1.06. The van der Waals surface area contributed by atoms with Gasteiger partial charge in [-0.05, 0) is 29.8 Å². The van der Waals surface area contributed by atoms with Crippen LogP contribution in [0.25, 0.3) is 0 Å². The van der Waals surface area contributed by atoms with E-state index in [0.717, 1.165) is 18.7 Å². The van der Waals surface area contributed by atoms with E-state index < -0.39 is 0 Å². The van der Waals surface area contributed by atoms with E-state index in [-0.39, 0.29) is 41.2 Å². The maximum Gasteiger partial charge on any atom is 0.0566 e. The Bertz CT molecular complexity index is 575. The molecular formula is C15H14BrClNO5V-5. The molecule has 0 atom stereocenters. The van der Waals surface area contributed by atoms with Gasteiger partial charge in [0.2, 0.25) is 0 Å². The van der Waals surface area contributed by atoms with Crippen molar-refractivity contribution in [2.45, 2.75) is 0 Å². The Morgan fingerprint density at radius 2 is 1.58 bits per heavy atom. The van der Waals surface area contributed by atoms with E-state index in [2.05, 4.69) is 20.9 Å². The van der Waals surface area contributed by atoms with Gasteiger partial charge >= 0.3 is 0 Å². The summed E-state index contributed by atoms with van der Waals surface area (Å²) in [7, 11) is 1.75. The van der Waals surface area contributed by atoms with Gasteiger partial charge in [-0.25, -0.2) is 0 Å². The molecule has 0 saturated heterocycles. The summed E-state index contributed by atoms with van der Waals surface area (Å²) < 4.78 is 0.775. The topological polar surface area (TPSA) is 130 Å². The molecule has 0 spiro atoms. The van der Waals surface area contributed by atoms with E-state index in [1.807, 2.05) is 0 Å². The minimum Gasteiger partial charge on any atom is -2.00 e. The van der Waals surface area contributed by atoms with Gasteiger partial charge in [-0.2, -0.15) is 7.11 Å². The summed E-state index contributed by atoms with van der Waals surface area (Å²) in [5, 5.41) is 38.7. The van der Waals surface area contributed by atoms with Crippen LogP contribution in [0.5, 0.6) is 11.5 Å². The molecule has 133 valence electrons. The number of benzene rings is 2. The number of aliphatic hydroxyl groups excluding tert-OH is 1. The zero-order valence-electron chi connectivity index (χ0n) is 12.8. The van der Waals surface area contributed by atoms with Crippen LogP contribution in [-0.2, 0) is 24.0 Å². The molecule has 0 unspecified atom stereocenters. The van der Waals surface area contributed by atoms with Crippen molar-refractivity contribution in [3.63, 3.8) is 0 Å². The van der Waals surface area contributed by atoms with E-state index >= 15 is 0 Å². The van der Waals surface area contributed by atoms with Crippen LogP contribution in [0.3, 0.4) is 0 Å². The zero-order valence-corrected chi connectivity index (χ0v) is 16.5. The average Bonchev–Trinajstić information content (AvgIpc) is 2.55. The summed E-state index contributed by atoms with van der Waals surface area (Å²) in [5.74, 6) is -0.394. The van der Waals surface area contributed by atoms with Gasteiger partial charge in [0.25, 0.3) is 0 Å². The number of rotatable bonds is 2. The van der Waals surface area contributed by atoms with Crippen molar-refractivity contribution in [1.82, 2.24) is 0 Å². The molecule has 24 heavy (non-hydrogen) atoms. The minimum absolute atomic E-state index is 0. The molecule has 0 aromatic heterocycles. The van der Waals surface area contributed by atoms with Gasteiger partial charge in [0, 0.05) is 41.4 Å². The molecule has 2 rings (SSSR count). The SMILES string of the molecule is CO.C[O-].[O-2].[O-]c1ccc(Br)cc1C=Nc1cc(Cl)ccc1[O-].[V]. The third-order valence-corrected chi connectivity index (χ3v) is 2.96. The van der Waals surface area contributed by atoms with Gasteiger partial charge < -0.3 is 25.9 Å². The standard InChI is InChI=1S/C13H9BrClNO2.CH4O.CH3O.O.V/c14-9-1-3-12(17)8(5-9)7-16-11-6-10(15)2-4-13(11)18;2*1-2;;/h1-7,17-18H;2H,1H3;1H3;;/q;;-1;-2;/p-2. The molecular weight excluding hydrogens is 440 g/mol. The monoisotopic (exact) mass is 453 g/mol. The quantitative estimate of drug-likeness (QED) is 0.688. The maximum atomic E-state index is 11.5. The largest absolute Gasteiger partial charge is 2.00 e. The third-order valence-electron chi connectivity index (χ3n) is 2.24. The molecule has 0 amide bonds. The zero-order chi connectivity index (χ0) is 17.1. The summed E-state index contributed by atoms with van der Waals surface area (Å²) in [4.78, 5) is 4.00. The molecule has 1 radical (unpaired) electrons. The second-order valence-corrected chi connectivity index (χ2v) is 4.90. The normalized spacial score (nSPS) is 8.75. The molecule has 0 saturated carbocycles. The number of hydrogen-bond donors (Lipinski definition) is 1. The average molecular weight is 455 g/mol. The van der Waals surface area contributed by atoms with Gasteiger partial charge in [0.1, 0.15) is 0 Å². The number of aliphatic imine (C=N–C) groups is 1. The molecule has 0 aliphatic heterocycles. The van der Waals surface area contributed by atoms with E-state index in [9.17, 15) is 10.2 Å². The van der Waals surface area contributed by atoms with Crippen molar-refractivity contribution in [3.05, 3.63) is 51.5 Å². The second-order valence-electron chi connectivity index (χ2n) is 3.55. The molecule has 0 aliphatic rings. The van der Waals surface area contributed by atoms with Crippen LogP contribution >= 0.6 is 27.5 Å². The third kappa shape index (κ3) is 9.29. The molecule has 9 heteroatoms. The van der Waals surface area contributed by atoms with E-state index in [1.165, 1.54) is 30.5 Å². The molecule has 0 heterocycles. The van der Waals surface area contributed by atoms with E-state index in [0.29, 0.717) is 10.6 Å². The number of halogens is 2. The van der Waals surface area contributed by atoms with Crippen molar-refractivity contribution >= 4 is 39.4 Å². The van der Waals surface area contributed by atoms with E-state index in [4.69, 9.17) is 21.8 Å². The van der Waals surface area contributed by atoms with Gasteiger partial charge in [-0.1, -0.05) is 51.2 Å². The van der Waals surface area contributed by atoms with Crippen LogP contribution in [0, 0.1) is 0 Å². The number of nitrogens with zero attached hydrogens (tertiary/aromatic N) is 1. The Morgan fingerprint density at radius 3 is 2.17 bits per heavy atom. The molecule has 2 aromatic rings. The van der Waals surface area contributed by atoms with Crippen LogP contribution < -0.4 is 15.3 Å². The molecule has 2 aromatic carbocycles. The molecule has 0 fully saturated rings. The van der Waals surface area contributed by atoms with Crippen molar-refractivity contribution in [3.8, 4) is 11.5 Å². The Kier molecular flexibility index (Phi) is 17.9. The summed E-state index contributed by atoms with van der Waals surface area (Å²) in [6.07, 6.45) is 1.36. The van der Waals surface area contributed by atoms with Crippen LogP contribution in [0.15, 0.2) is 45.9 Å². The van der Waals surface area contributed by atoms with Crippen molar-refractivity contribution in [1.29, 1.82) is 0 Å². The Labute approximate surface area is 165 Å². The molecule has 0 aliphatic carbocycles. The Balaban J connectivity index is -0.000000684. The fourth-order valence-electron chi connectivity index (χ4n) is 1.35. The molecule has 0 bridgehead atoms. The molecule has 6 nitrogen and oxygen atoms in total. The van der Waals surface area contributed by atoms with Crippen LogP contribution in [0.4, 0.5) is 5.69 Å². The molecule has 1 N–H and O–H groups in total. The number of hydrogen-bond acceptors (Lipinski definition) is 5. The second kappa shape index (κ2) is 15.5. The van der Waals surface area contributed by atoms with Gasteiger partial charge in [-0.3, -0.25) is 4.99 Å². The fourth-order valence-corrected chi connectivity index (χ4v) is 1.90. The smallest absolute Gasteiger partial charge is 0.0566 e. The van der Waals surface area contributed by atoms with Gasteiger partial charge in [0.15, 0.2) is 0 Å². The summed E-state index contributed by atoms with van der Waals surface area (Å²) in [6.45, 7) is 0. The maximum absolute atomic E-state index is 11.5. The minimum atomic E-state index is -0.238. The first-order chi connectivity index (χ1) is 10.6. The predicted octanol–water partition coefficient (Wildman–Crippen LogP) is 1.46. The number of aliphatic hydroxyl groups is 1. The van der Waals surface area contributed by atoms with Crippen molar-refractivity contribution in [2.75, 3.05) is 14.2 Å². The van der Waals surface area contributed by atoms with Crippen LogP contribution in [-0.4, -0.2) is 25.5 Å². The fraction of sp³-hybridized carbons (Fsp3) is 0.133. The first kappa shape index (κ1) is 27.8. The first-order valence-electron chi connectivity index (χ1n) is 5.89. The van der Waals surface area contributed by atoms with Gasteiger partial charge in [0.05, 0.1) is 5.69 Å². The van der Waals surface area contributed by atoms with Crippen molar-refractivity contribution < 1.29 is 44.5 Å². The van der Waals surface area contributed by atoms with Gasteiger partial charge in [-0.15, -0.1) is 0 Å².